The molecular formula is C20H16F6N8OS. The summed E-state index contributed by atoms with van der Waals surface area (Å²) in [6, 6.07) is 4.32. The Kier molecular flexibility index (Phi) is 6.90. The Balaban J connectivity index is 1.79. The van der Waals surface area contributed by atoms with E-state index in [2.05, 4.69) is 40.2 Å². The number of anilines is 3. The van der Waals surface area contributed by atoms with Crippen LogP contribution in [0.15, 0.2) is 24.4 Å². The molecule has 0 aliphatic carbocycles. The fourth-order valence-electron chi connectivity index (χ4n) is 3.23. The molecule has 0 saturated carbocycles. The molecule has 190 valence electrons. The van der Waals surface area contributed by atoms with Crippen molar-refractivity contribution in [3.05, 3.63) is 40.5 Å². The minimum absolute atomic E-state index is 0.0269. The number of nitrogens with one attached hydrogen (secondary N) is 2. The highest BCUT2D eigenvalue weighted by Crippen LogP contribution is 2.39. The molecule has 0 radical (unpaired) electrons. The van der Waals surface area contributed by atoms with Crippen molar-refractivity contribution in [1.29, 1.82) is 0 Å². The lowest BCUT2D eigenvalue weighted by molar-refractivity contribution is -0.137. The number of rotatable bonds is 7. The van der Waals surface area contributed by atoms with Crippen molar-refractivity contribution in [2.45, 2.75) is 25.9 Å². The molecule has 0 atom stereocenters. The van der Waals surface area contributed by atoms with Crippen LogP contribution in [0.2, 0.25) is 0 Å². The number of aromatic nitrogens is 6. The first-order valence-electron chi connectivity index (χ1n) is 10.2. The molecule has 0 spiro atoms. The Morgan fingerprint density at radius 2 is 1.81 bits per heavy atom. The minimum Gasteiger partial charge on any atom is -0.378 e. The zero-order valence-electron chi connectivity index (χ0n) is 18.5. The van der Waals surface area contributed by atoms with Crippen molar-refractivity contribution in [3.8, 4) is 11.4 Å². The average molecular weight is 530 g/mol. The van der Waals surface area contributed by atoms with E-state index in [1.54, 1.807) is 13.0 Å². The summed E-state index contributed by atoms with van der Waals surface area (Å²) in [6.45, 7) is 1.83. The second-order valence-corrected chi connectivity index (χ2v) is 7.97. The quantitative estimate of drug-likeness (QED) is 0.308. The second-order valence-electron chi connectivity index (χ2n) is 7.22. The van der Waals surface area contributed by atoms with E-state index in [9.17, 15) is 26.3 Å². The van der Waals surface area contributed by atoms with Gasteiger partial charge in [-0.1, -0.05) is 4.49 Å². The van der Waals surface area contributed by atoms with Gasteiger partial charge >= 0.3 is 12.4 Å². The van der Waals surface area contributed by atoms with Crippen LogP contribution in [0.1, 0.15) is 23.1 Å². The van der Waals surface area contributed by atoms with Gasteiger partial charge in [0, 0.05) is 25.2 Å². The number of nitrogens with zero attached hydrogens (tertiary/aromatic N) is 6. The van der Waals surface area contributed by atoms with Gasteiger partial charge in [0.2, 0.25) is 5.95 Å². The fraction of sp³-hybridized carbons (Fsp3) is 0.300. The predicted octanol–water partition coefficient (Wildman–Crippen LogP) is 5.30. The largest absolute Gasteiger partial charge is 0.429 e. The monoisotopic (exact) mass is 530 g/mol. The third-order valence-electron chi connectivity index (χ3n) is 4.69. The maximum atomic E-state index is 13.3. The Bertz CT molecular complexity index is 1390. The SMILES string of the molecule is CCNc1nc(Nc2cc(COC)nc3nc(-c4nnsc4C(F)(F)F)ccc23)ncc1C(F)(F)F. The van der Waals surface area contributed by atoms with E-state index >= 15 is 0 Å². The molecule has 0 saturated heterocycles. The molecular weight excluding hydrogens is 514 g/mol. The van der Waals surface area contributed by atoms with Gasteiger partial charge in [0.05, 0.1) is 23.7 Å². The van der Waals surface area contributed by atoms with Crippen molar-refractivity contribution in [3.63, 3.8) is 0 Å². The van der Waals surface area contributed by atoms with Gasteiger partial charge in [0.15, 0.2) is 10.5 Å². The molecule has 0 aromatic carbocycles. The van der Waals surface area contributed by atoms with Crippen LogP contribution in [-0.2, 0) is 23.7 Å². The normalized spacial score (nSPS) is 12.2. The van der Waals surface area contributed by atoms with Crippen LogP contribution < -0.4 is 10.6 Å². The summed E-state index contributed by atoms with van der Waals surface area (Å²) in [7, 11) is 1.42. The van der Waals surface area contributed by atoms with Crippen LogP contribution in [0, 0.1) is 0 Å². The number of hydrogen-bond acceptors (Lipinski definition) is 10. The number of pyridine rings is 2. The van der Waals surface area contributed by atoms with Crippen molar-refractivity contribution >= 4 is 40.0 Å². The van der Waals surface area contributed by atoms with Gasteiger partial charge in [-0.15, -0.1) is 5.10 Å². The van der Waals surface area contributed by atoms with Gasteiger partial charge in [0.25, 0.3) is 0 Å². The summed E-state index contributed by atoms with van der Waals surface area (Å²) in [5.41, 5.74) is -0.868. The summed E-state index contributed by atoms with van der Waals surface area (Å²) >= 11 is 0.200. The van der Waals surface area contributed by atoms with E-state index in [0.29, 0.717) is 23.0 Å². The van der Waals surface area contributed by atoms with Gasteiger partial charge in [0.1, 0.15) is 17.1 Å². The molecule has 4 heterocycles. The summed E-state index contributed by atoms with van der Waals surface area (Å²) in [4.78, 5) is 15.2. The first-order chi connectivity index (χ1) is 17.0. The average Bonchev–Trinajstić information content (AvgIpc) is 3.29. The molecule has 2 N–H and O–H groups in total. The summed E-state index contributed by atoms with van der Waals surface area (Å²) in [5.74, 6) is -0.559. The van der Waals surface area contributed by atoms with Gasteiger partial charge in [-0.3, -0.25) is 0 Å². The van der Waals surface area contributed by atoms with Crippen molar-refractivity contribution in [1.82, 2.24) is 29.5 Å². The fourth-order valence-corrected chi connectivity index (χ4v) is 3.77. The van der Waals surface area contributed by atoms with Gasteiger partial charge in [-0.25, -0.2) is 15.0 Å². The van der Waals surface area contributed by atoms with E-state index in [-0.39, 0.29) is 42.0 Å². The second kappa shape index (κ2) is 9.77. The summed E-state index contributed by atoms with van der Waals surface area (Å²) in [5, 5.41) is 9.31. The van der Waals surface area contributed by atoms with Crippen LogP contribution in [0.3, 0.4) is 0 Å². The molecule has 4 rings (SSSR count). The molecule has 16 heteroatoms. The number of methoxy groups -OCH3 is 1. The first kappa shape index (κ1) is 25.4. The van der Waals surface area contributed by atoms with Crippen LogP contribution in [0.4, 0.5) is 43.8 Å². The smallest absolute Gasteiger partial charge is 0.378 e. The highest BCUT2D eigenvalue weighted by atomic mass is 32.1. The molecule has 0 amide bonds. The van der Waals surface area contributed by atoms with Crippen molar-refractivity contribution in [2.75, 3.05) is 24.3 Å². The molecule has 0 bridgehead atoms. The highest BCUT2D eigenvalue weighted by molar-refractivity contribution is 7.06. The number of halogens is 6. The van der Waals surface area contributed by atoms with E-state index in [1.807, 2.05) is 0 Å². The van der Waals surface area contributed by atoms with Crippen molar-refractivity contribution in [2.24, 2.45) is 0 Å². The Morgan fingerprint density at radius 3 is 2.47 bits per heavy atom. The lowest BCUT2D eigenvalue weighted by atomic mass is 10.1. The molecule has 0 aliphatic heterocycles. The molecule has 0 fully saturated rings. The van der Waals surface area contributed by atoms with E-state index < -0.39 is 34.3 Å². The number of alkyl halides is 6. The number of ether oxygens (including phenoxy) is 1. The lowest BCUT2D eigenvalue weighted by Gasteiger charge is -2.15. The lowest BCUT2D eigenvalue weighted by Crippen LogP contribution is -2.14. The highest BCUT2D eigenvalue weighted by Gasteiger charge is 2.38. The van der Waals surface area contributed by atoms with E-state index in [1.165, 1.54) is 19.2 Å². The van der Waals surface area contributed by atoms with Crippen LogP contribution >= 0.6 is 11.5 Å². The van der Waals surface area contributed by atoms with Gasteiger partial charge in [-0.2, -0.15) is 31.3 Å². The molecule has 0 aliphatic rings. The van der Waals surface area contributed by atoms with Gasteiger partial charge < -0.3 is 15.4 Å². The molecule has 9 nitrogen and oxygen atoms in total. The van der Waals surface area contributed by atoms with Crippen LogP contribution in [-0.4, -0.2) is 43.2 Å². The predicted molar refractivity (Wildman–Crippen MR) is 119 cm³/mol. The Morgan fingerprint density at radius 1 is 1.03 bits per heavy atom. The molecule has 0 unspecified atom stereocenters. The molecule has 4 aromatic heterocycles. The van der Waals surface area contributed by atoms with E-state index in [0.717, 1.165) is 0 Å². The van der Waals surface area contributed by atoms with Crippen molar-refractivity contribution < 1.29 is 31.1 Å². The van der Waals surface area contributed by atoms with Crippen LogP contribution in [0.5, 0.6) is 0 Å². The zero-order valence-corrected chi connectivity index (χ0v) is 19.3. The van der Waals surface area contributed by atoms with Crippen LogP contribution in [0.25, 0.3) is 22.4 Å². The molecule has 36 heavy (non-hydrogen) atoms. The maximum Gasteiger partial charge on any atom is 0.429 e. The third kappa shape index (κ3) is 5.28. The minimum atomic E-state index is -4.66. The summed E-state index contributed by atoms with van der Waals surface area (Å²) < 4.78 is 88.3. The standard InChI is InChI=1S/C20H16F6N8OS/c1-3-27-17-11(19(21,22)23)7-28-18(32-17)31-13-6-9(8-35-2)29-16-10(13)4-5-12(30-16)14-15(20(24,25)26)36-34-33-14/h4-7H,3,8H2,1-2H3,(H2,27,28,29,30,31,32). The Hall–Kier alpha value is -3.66. The number of fused-ring (bicyclic) bond motifs is 1. The number of hydrogen-bond donors (Lipinski definition) is 2. The Labute approximate surface area is 203 Å². The molecule has 4 aromatic rings. The summed E-state index contributed by atoms with van der Waals surface area (Å²) in [6.07, 6.45) is -8.68. The van der Waals surface area contributed by atoms with Gasteiger partial charge in [-0.05, 0) is 36.7 Å². The third-order valence-corrected chi connectivity index (χ3v) is 5.46. The maximum absolute atomic E-state index is 13.3. The first-order valence-corrected chi connectivity index (χ1v) is 10.9. The topological polar surface area (TPSA) is 111 Å². The zero-order chi connectivity index (χ0) is 26.1. The van der Waals surface area contributed by atoms with E-state index in [4.69, 9.17) is 4.74 Å².